The first-order chi connectivity index (χ1) is 20.2. The Balaban J connectivity index is 1.40. The minimum absolute atomic E-state index is 0.0499. The second-order valence-electron chi connectivity index (χ2n) is 10.2. The van der Waals surface area contributed by atoms with E-state index < -0.39 is 29.5 Å². The normalized spacial score (nSPS) is 16.6. The van der Waals surface area contributed by atoms with Crippen molar-refractivity contribution in [2.45, 2.75) is 31.6 Å². The van der Waals surface area contributed by atoms with Crippen molar-refractivity contribution in [1.82, 2.24) is 19.6 Å². The highest BCUT2D eigenvalue weighted by atomic mass is 19.4. The van der Waals surface area contributed by atoms with E-state index in [-0.39, 0.29) is 42.3 Å². The number of benzene rings is 2. The van der Waals surface area contributed by atoms with Crippen molar-refractivity contribution in [3.63, 3.8) is 0 Å². The maximum atomic E-state index is 15.7. The topological polar surface area (TPSA) is 77.3 Å². The fourth-order valence-corrected chi connectivity index (χ4v) is 5.70. The summed E-state index contributed by atoms with van der Waals surface area (Å²) in [6.45, 7) is 1.44. The summed E-state index contributed by atoms with van der Waals surface area (Å²) < 4.78 is 74.1. The molecule has 2 aliphatic rings. The molecule has 4 aromatic rings. The molecule has 0 fully saturated rings. The van der Waals surface area contributed by atoms with Gasteiger partial charge in [-0.3, -0.25) is 4.79 Å². The van der Waals surface area contributed by atoms with E-state index in [0.29, 0.717) is 23.7 Å². The first kappa shape index (κ1) is 27.8. The predicted octanol–water partition coefficient (Wildman–Crippen LogP) is 4.71. The molecule has 12 heteroatoms. The van der Waals surface area contributed by atoms with Crippen LogP contribution in [0.1, 0.15) is 39.7 Å². The molecule has 0 saturated heterocycles. The van der Waals surface area contributed by atoms with Gasteiger partial charge in [-0.1, -0.05) is 6.07 Å². The van der Waals surface area contributed by atoms with Gasteiger partial charge in [0.05, 0.1) is 31.2 Å². The number of hydrogen-bond donors (Lipinski definition) is 1. The predicted molar refractivity (Wildman–Crippen MR) is 144 cm³/mol. The largest absolute Gasteiger partial charge is 0.493 e. The monoisotopic (exact) mass is 584 g/mol. The van der Waals surface area contributed by atoms with Crippen LogP contribution in [-0.2, 0) is 30.4 Å². The van der Waals surface area contributed by atoms with E-state index in [0.717, 1.165) is 36.7 Å². The number of imidazole rings is 1. The molecule has 0 radical (unpaired) electrons. The number of ether oxygens (including phenoxy) is 3. The van der Waals surface area contributed by atoms with Crippen molar-refractivity contribution in [3.8, 4) is 17.2 Å². The molecule has 2 aromatic carbocycles. The molecule has 42 heavy (non-hydrogen) atoms. The van der Waals surface area contributed by atoms with Crippen LogP contribution in [0.5, 0.6) is 17.2 Å². The summed E-state index contributed by atoms with van der Waals surface area (Å²) >= 11 is 0. The molecule has 1 amide bonds. The van der Waals surface area contributed by atoms with Gasteiger partial charge in [0, 0.05) is 37.3 Å². The number of carbonyl (C=O) groups is 1. The summed E-state index contributed by atoms with van der Waals surface area (Å²) in [6, 6.07) is 9.16. The number of nitrogens with one attached hydrogen (secondary N) is 1. The number of pyridine rings is 1. The fourth-order valence-electron chi connectivity index (χ4n) is 5.70. The molecule has 0 saturated carbocycles. The Morgan fingerprint density at radius 3 is 2.60 bits per heavy atom. The van der Waals surface area contributed by atoms with Gasteiger partial charge in [-0.05, 0) is 54.4 Å². The Morgan fingerprint density at radius 1 is 1.05 bits per heavy atom. The van der Waals surface area contributed by atoms with E-state index in [4.69, 9.17) is 14.2 Å². The Morgan fingerprint density at radius 2 is 1.83 bits per heavy atom. The maximum Gasteiger partial charge on any atom is 0.416 e. The summed E-state index contributed by atoms with van der Waals surface area (Å²) in [5, 5.41) is 3.31. The van der Waals surface area contributed by atoms with Crippen molar-refractivity contribution >= 4 is 11.6 Å². The van der Waals surface area contributed by atoms with Crippen LogP contribution in [0.2, 0.25) is 0 Å². The number of nitrogens with zero attached hydrogens (tertiary/aromatic N) is 3. The number of aromatic nitrogens is 2. The van der Waals surface area contributed by atoms with Crippen LogP contribution in [0.3, 0.4) is 0 Å². The molecule has 1 unspecified atom stereocenters. The lowest BCUT2D eigenvalue weighted by atomic mass is 9.94. The van der Waals surface area contributed by atoms with Gasteiger partial charge >= 0.3 is 6.18 Å². The van der Waals surface area contributed by atoms with Crippen molar-refractivity contribution in [1.29, 1.82) is 0 Å². The van der Waals surface area contributed by atoms with Crippen molar-refractivity contribution in [2.24, 2.45) is 0 Å². The lowest BCUT2D eigenvalue weighted by Gasteiger charge is -2.36. The molecule has 0 spiro atoms. The van der Waals surface area contributed by atoms with E-state index in [1.165, 1.54) is 41.3 Å². The van der Waals surface area contributed by atoms with E-state index in [9.17, 15) is 18.0 Å². The van der Waals surface area contributed by atoms with Crippen LogP contribution in [0.4, 0.5) is 17.6 Å². The molecule has 0 bridgehead atoms. The highest BCUT2D eigenvalue weighted by Gasteiger charge is 2.39. The molecule has 220 valence electrons. The fraction of sp³-hybridized carbons (Fsp3) is 0.333. The molecule has 8 nitrogen and oxygen atoms in total. The summed E-state index contributed by atoms with van der Waals surface area (Å²) in [5.41, 5.74) is 2.47. The number of amides is 1. The van der Waals surface area contributed by atoms with E-state index in [2.05, 4.69) is 10.3 Å². The van der Waals surface area contributed by atoms with Gasteiger partial charge in [0.1, 0.15) is 23.3 Å². The van der Waals surface area contributed by atoms with Crippen LogP contribution in [-0.4, -0.2) is 54.1 Å². The average molecular weight is 585 g/mol. The van der Waals surface area contributed by atoms with Gasteiger partial charge < -0.3 is 28.8 Å². The lowest BCUT2D eigenvalue weighted by Crippen LogP contribution is -2.43. The van der Waals surface area contributed by atoms with Crippen LogP contribution < -0.4 is 19.5 Å². The number of methoxy groups -OCH3 is 2. The van der Waals surface area contributed by atoms with Crippen LogP contribution in [0.25, 0.3) is 5.65 Å². The molecule has 1 atom stereocenters. The lowest BCUT2D eigenvalue weighted by molar-refractivity contribution is -0.137. The molecule has 2 aliphatic heterocycles. The number of fused-ring (bicyclic) bond motifs is 4. The first-order valence-electron chi connectivity index (χ1n) is 13.4. The summed E-state index contributed by atoms with van der Waals surface area (Å²) in [5.74, 6) is -0.163. The van der Waals surface area contributed by atoms with Crippen LogP contribution >= 0.6 is 0 Å². The Hall–Kier alpha value is -4.32. The van der Waals surface area contributed by atoms with Crippen molar-refractivity contribution < 1.29 is 36.6 Å². The minimum Gasteiger partial charge on any atom is -0.493 e. The molecule has 6 rings (SSSR count). The van der Waals surface area contributed by atoms with Crippen LogP contribution in [0.15, 0.2) is 48.7 Å². The molecule has 4 heterocycles. The van der Waals surface area contributed by atoms with Gasteiger partial charge in [0.15, 0.2) is 18.1 Å². The first-order valence-corrected chi connectivity index (χ1v) is 13.4. The zero-order valence-corrected chi connectivity index (χ0v) is 22.9. The average Bonchev–Trinajstić information content (AvgIpc) is 3.37. The van der Waals surface area contributed by atoms with Gasteiger partial charge in [-0.15, -0.1) is 0 Å². The van der Waals surface area contributed by atoms with Gasteiger partial charge in [-0.25, -0.2) is 9.37 Å². The summed E-state index contributed by atoms with van der Waals surface area (Å²) in [4.78, 5) is 19.6. The van der Waals surface area contributed by atoms with Gasteiger partial charge in [0.25, 0.3) is 5.91 Å². The Kier molecular flexibility index (Phi) is 7.17. The summed E-state index contributed by atoms with van der Waals surface area (Å²) in [6.07, 6.45) is -2.14. The second-order valence-corrected chi connectivity index (χ2v) is 10.2. The smallest absolute Gasteiger partial charge is 0.416 e. The van der Waals surface area contributed by atoms with Crippen molar-refractivity contribution in [3.05, 3.63) is 88.1 Å². The number of halogens is 4. The molecule has 1 N–H and O–H groups in total. The van der Waals surface area contributed by atoms with E-state index >= 15 is 4.39 Å². The van der Waals surface area contributed by atoms with E-state index in [1.807, 2.05) is 18.2 Å². The summed E-state index contributed by atoms with van der Waals surface area (Å²) in [7, 11) is 2.78. The standard InChI is InChI=1S/C30H28F4N4O4/c1-40-24-13-21(22(31)14-25(24)41-2)28-29-23(36-26-12-19(30(32,33)34)6-9-37(26)29)7-10-38(28)27(39)16-42-20-4-3-17-5-8-35-15-18(17)11-20/h3-4,6,9,11-14,28,35H,5,7-8,10,15-16H2,1-2H3. The quantitative estimate of drug-likeness (QED) is 0.331. The third-order valence-corrected chi connectivity index (χ3v) is 7.77. The molecule has 0 aliphatic carbocycles. The van der Waals surface area contributed by atoms with Crippen LogP contribution in [0, 0.1) is 5.82 Å². The zero-order chi connectivity index (χ0) is 29.6. The number of carbonyl (C=O) groups excluding carboxylic acids is 1. The number of rotatable bonds is 6. The third kappa shape index (κ3) is 5.00. The Bertz CT molecular complexity index is 1670. The zero-order valence-electron chi connectivity index (χ0n) is 22.9. The van der Waals surface area contributed by atoms with Gasteiger partial charge in [0.2, 0.25) is 0 Å². The highest BCUT2D eigenvalue weighted by molar-refractivity contribution is 5.79. The SMILES string of the molecule is COc1cc(F)c(C2c3c(nc4cc(C(F)(F)F)ccn34)CCN2C(=O)COc2ccc3c(c2)CNCC3)cc1OC. The van der Waals surface area contributed by atoms with E-state index in [1.54, 1.807) is 0 Å². The highest BCUT2D eigenvalue weighted by Crippen LogP contribution is 2.41. The maximum absolute atomic E-state index is 15.7. The third-order valence-electron chi connectivity index (χ3n) is 7.77. The number of alkyl halides is 3. The van der Waals surface area contributed by atoms with Gasteiger partial charge in [-0.2, -0.15) is 13.2 Å². The number of hydrogen-bond acceptors (Lipinski definition) is 6. The molecular weight excluding hydrogens is 556 g/mol. The second kappa shape index (κ2) is 10.8. The molecular formula is C30H28F4N4O4. The van der Waals surface area contributed by atoms with Crippen molar-refractivity contribution in [2.75, 3.05) is 33.9 Å². The Labute approximate surface area is 238 Å². The minimum atomic E-state index is -4.56. The molecule has 2 aromatic heterocycles.